The number of ether oxygens (including phenoxy) is 2. The third-order valence-electron chi connectivity index (χ3n) is 2.78. The molecule has 0 radical (unpaired) electrons. The van der Waals surface area contributed by atoms with Crippen molar-refractivity contribution in [3.8, 4) is 0 Å². The second-order valence-corrected chi connectivity index (χ2v) is 5.19. The van der Waals surface area contributed by atoms with Gasteiger partial charge in [0.1, 0.15) is 13.2 Å². The predicted molar refractivity (Wildman–Crippen MR) is 76.2 cm³/mol. The molecule has 0 aliphatic carbocycles. The van der Waals surface area contributed by atoms with Gasteiger partial charge < -0.3 is 9.47 Å². The Hall–Kier alpha value is -1.84. The summed E-state index contributed by atoms with van der Waals surface area (Å²) in [5, 5.41) is 0. The Bertz CT molecular complexity index is 425. The van der Waals surface area contributed by atoms with E-state index >= 15 is 0 Å². The predicted octanol–water partition coefficient (Wildman–Crippen LogP) is 2.92. The largest absolute Gasteiger partial charge is 0.465 e. The van der Waals surface area contributed by atoms with Crippen LogP contribution in [0.5, 0.6) is 0 Å². The van der Waals surface area contributed by atoms with Crippen LogP contribution >= 0.6 is 0 Å². The Morgan fingerprint density at radius 2 is 1.65 bits per heavy atom. The van der Waals surface area contributed by atoms with Gasteiger partial charge >= 0.3 is 11.9 Å². The van der Waals surface area contributed by atoms with Gasteiger partial charge in [0.2, 0.25) is 0 Å². The average molecular weight is 278 g/mol. The van der Waals surface area contributed by atoms with Gasteiger partial charge in [0.15, 0.2) is 0 Å². The molecule has 20 heavy (non-hydrogen) atoms. The van der Waals surface area contributed by atoms with E-state index in [2.05, 4.69) is 0 Å². The van der Waals surface area contributed by atoms with Crippen molar-refractivity contribution in [3.63, 3.8) is 0 Å². The first-order valence-corrected chi connectivity index (χ1v) is 6.83. The van der Waals surface area contributed by atoms with Gasteiger partial charge in [-0.1, -0.05) is 44.2 Å². The summed E-state index contributed by atoms with van der Waals surface area (Å²) in [6.07, 6.45) is 0.398. The van der Waals surface area contributed by atoms with Gasteiger partial charge in [-0.05, 0) is 11.5 Å². The molecule has 0 aliphatic heterocycles. The van der Waals surface area contributed by atoms with Crippen LogP contribution in [0, 0.1) is 5.92 Å². The lowest BCUT2D eigenvalue weighted by Crippen LogP contribution is -2.19. The van der Waals surface area contributed by atoms with Crippen molar-refractivity contribution < 1.29 is 19.1 Å². The van der Waals surface area contributed by atoms with Crippen LogP contribution in [0.4, 0.5) is 0 Å². The summed E-state index contributed by atoms with van der Waals surface area (Å²) in [5.74, 6) is -0.412. The molecule has 0 saturated carbocycles. The fourth-order valence-corrected chi connectivity index (χ4v) is 1.77. The van der Waals surface area contributed by atoms with Crippen molar-refractivity contribution in [2.45, 2.75) is 33.1 Å². The number of carbonyl (C=O) groups excluding carboxylic acids is 2. The number of benzene rings is 1. The molecule has 0 aliphatic rings. The van der Waals surface area contributed by atoms with E-state index in [1.54, 1.807) is 0 Å². The Labute approximate surface area is 120 Å². The van der Waals surface area contributed by atoms with E-state index in [9.17, 15) is 9.59 Å². The summed E-state index contributed by atoms with van der Waals surface area (Å²) < 4.78 is 10.3. The first-order chi connectivity index (χ1) is 9.49. The molecule has 110 valence electrons. The monoisotopic (exact) mass is 278 g/mol. The van der Waals surface area contributed by atoms with Crippen LogP contribution in [-0.4, -0.2) is 25.2 Å². The highest BCUT2D eigenvalue weighted by Gasteiger charge is 2.16. The van der Waals surface area contributed by atoms with Crippen LogP contribution < -0.4 is 0 Å². The van der Waals surface area contributed by atoms with Gasteiger partial charge in [-0.25, -0.2) is 0 Å². The third kappa shape index (κ3) is 6.36. The lowest BCUT2D eigenvalue weighted by molar-refractivity contribution is -0.146. The van der Waals surface area contributed by atoms with Gasteiger partial charge in [-0.15, -0.1) is 0 Å². The van der Waals surface area contributed by atoms with Crippen LogP contribution in [0.2, 0.25) is 0 Å². The molecule has 1 aromatic carbocycles. The molecule has 0 heterocycles. The summed E-state index contributed by atoms with van der Waals surface area (Å²) in [4.78, 5) is 22.5. The first-order valence-electron chi connectivity index (χ1n) is 6.83. The molecular formula is C16H22O4. The molecule has 0 saturated heterocycles. The van der Waals surface area contributed by atoms with E-state index in [4.69, 9.17) is 9.47 Å². The zero-order valence-electron chi connectivity index (χ0n) is 12.3. The SMILES string of the molecule is CC(=O)OCC(COC(=O)CC(C)C)c1ccccc1. The summed E-state index contributed by atoms with van der Waals surface area (Å²) in [7, 11) is 0. The van der Waals surface area contributed by atoms with E-state index in [1.807, 2.05) is 44.2 Å². The lowest BCUT2D eigenvalue weighted by Gasteiger charge is -2.17. The quantitative estimate of drug-likeness (QED) is 0.720. The van der Waals surface area contributed by atoms with Crippen LogP contribution in [0.25, 0.3) is 0 Å². The molecule has 0 spiro atoms. The van der Waals surface area contributed by atoms with E-state index in [0.717, 1.165) is 5.56 Å². The van der Waals surface area contributed by atoms with Crippen molar-refractivity contribution in [2.75, 3.05) is 13.2 Å². The highest BCUT2D eigenvalue weighted by atomic mass is 16.5. The van der Waals surface area contributed by atoms with Crippen molar-refractivity contribution in [2.24, 2.45) is 5.92 Å². The molecule has 0 bridgehead atoms. The zero-order valence-corrected chi connectivity index (χ0v) is 12.3. The number of esters is 2. The molecule has 0 N–H and O–H groups in total. The minimum absolute atomic E-state index is 0.129. The Morgan fingerprint density at radius 3 is 2.20 bits per heavy atom. The molecule has 1 unspecified atom stereocenters. The first kappa shape index (κ1) is 16.2. The molecule has 1 atom stereocenters. The van der Waals surface area contributed by atoms with Gasteiger partial charge in [0.25, 0.3) is 0 Å². The van der Waals surface area contributed by atoms with Crippen molar-refractivity contribution in [1.82, 2.24) is 0 Å². The average Bonchev–Trinajstić information content (AvgIpc) is 2.38. The summed E-state index contributed by atoms with van der Waals surface area (Å²) in [6.45, 7) is 5.74. The standard InChI is InChI=1S/C16H22O4/c1-12(2)9-16(18)20-11-15(10-19-13(3)17)14-7-5-4-6-8-14/h4-8,12,15H,9-11H2,1-3H3. The molecule has 0 aromatic heterocycles. The Morgan fingerprint density at radius 1 is 1.05 bits per heavy atom. The zero-order chi connectivity index (χ0) is 15.0. The summed E-state index contributed by atoms with van der Waals surface area (Å²) in [5.41, 5.74) is 0.992. The number of hydrogen-bond donors (Lipinski definition) is 0. The fraction of sp³-hybridized carbons (Fsp3) is 0.500. The van der Waals surface area contributed by atoms with Gasteiger partial charge in [0, 0.05) is 13.3 Å². The van der Waals surface area contributed by atoms with Crippen LogP contribution in [0.15, 0.2) is 30.3 Å². The molecule has 4 nitrogen and oxygen atoms in total. The second-order valence-electron chi connectivity index (χ2n) is 5.19. The number of carbonyl (C=O) groups is 2. The maximum Gasteiger partial charge on any atom is 0.306 e. The van der Waals surface area contributed by atoms with Crippen molar-refractivity contribution >= 4 is 11.9 Å². The van der Waals surface area contributed by atoms with E-state index in [-0.39, 0.29) is 37.0 Å². The molecule has 1 aromatic rings. The lowest BCUT2D eigenvalue weighted by atomic mass is 10.0. The molecular weight excluding hydrogens is 256 g/mol. The van der Waals surface area contributed by atoms with Crippen LogP contribution in [0.1, 0.15) is 38.7 Å². The Kier molecular flexibility index (Phi) is 6.77. The highest BCUT2D eigenvalue weighted by Crippen LogP contribution is 2.17. The van der Waals surface area contributed by atoms with E-state index < -0.39 is 0 Å². The molecule has 4 heteroatoms. The molecule has 0 fully saturated rings. The maximum atomic E-state index is 11.6. The van der Waals surface area contributed by atoms with Crippen molar-refractivity contribution in [3.05, 3.63) is 35.9 Å². The highest BCUT2D eigenvalue weighted by molar-refractivity contribution is 5.69. The minimum atomic E-state index is -0.334. The maximum absolute atomic E-state index is 11.6. The van der Waals surface area contributed by atoms with Crippen LogP contribution in [0.3, 0.4) is 0 Å². The number of rotatable bonds is 7. The minimum Gasteiger partial charge on any atom is -0.465 e. The van der Waals surface area contributed by atoms with Crippen molar-refractivity contribution in [1.29, 1.82) is 0 Å². The van der Waals surface area contributed by atoms with Gasteiger partial charge in [-0.2, -0.15) is 0 Å². The smallest absolute Gasteiger partial charge is 0.306 e. The Balaban J connectivity index is 2.59. The summed E-state index contributed by atoms with van der Waals surface area (Å²) >= 11 is 0. The normalized spacial score (nSPS) is 12.0. The van der Waals surface area contributed by atoms with Gasteiger partial charge in [0.05, 0.1) is 5.92 Å². The fourth-order valence-electron chi connectivity index (χ4n) is 1.77. The second kappa shape index (κ2) is 8.35. The van der Waals surface area contributed by atoms with E-state index in [0.29, 0.717) is 6.42 Å². The van der Waals surface area contributed by atoms with E-state index in [1.165, 1.54) is 6.92 Å². The van der Waals surface area contributed by atoms with Gasteiger partial charge in [-0.3, -0.25) is 9.59 Å². The third-order valence-corrected chi connectivity index (χ3v) is 2.78. The molecule has 0 amide bonds. The van der Waals surface area contributed by atoms with Crippen LogP contribution in [-0.2, 0) is 19.1 Å². The number of hydrogen-bond acceptors (Lipinski definition) is 4. The topological polar surface area (TPSA) is 52.6 Å². The molecule has 1 rings (SSSR count). The summed E-state index contributed by atoms with van der Waals surface area (Å²) in [6, 6.07) is 9.60.